The third kappa shape index (κ3) is 2.63. The molecule has 1 fully saturated rings. The van der Waals surface area contributed by atoms with Crippen molar-refractivity contribution in [3.8, 4) is 0 Å². The van der Waals surface area contributed by atoms with E-state index in [0.29, 0.717) is 5.92 Å². The monoisotopic (exact) mass is 249 g/mol. The van der Waals surface area contributed by atoms with Crippen molar-refractivity contribution in [2.75, 3.05) is 0 Å². The highest BCUT2D eigenvalue weighted by molar-refractivity contribution is 5.35. The first-order valence-electron chi connectivity index (χ1n) is 7.49. The van der Waals surface area contributed by atoms with E-state index in [-0.39, 0.29) is 11.8 Å². The van der Waals surface area contributed by atoms with E-state index in [1.54, 1.807) is 0 Å². The molecule has 1 saturated carbocycles. The lowest BCUT2D eigenvalue weighted by Gasteiger charge is -2.09. The van der Waals surface area contributed by atoms with Gasteiger partial charge in [-0.05, 0) is 35.3 Å². The second kappa shape index (κ2) is 5.05. The van der Waals surface area contributed by atoms with E-state index in [0.717, 1.165) is 6.42 Å². The van der Waals surface area contributed by atoms with Crippen LogP contribution in [-0.2, 0) is 11.8 Å². The van der Waals surface area contributed by atoms with Crippen molar-refractivity contribution in [1.82, 2.24) is 0 Å². The maximum Gasteiger partial charge on any atom is 0.0282 e. The zero-order chi connectivity index (χ0) is 14.0. The lowest BCUT2D eigenvalue weighted by molar-refractivity contribution is 0.735. The zero-order valence-corrected chi connectivity index (χ0v) is 11.3. The van der Waals surface area contributed by atoms with Gasteiger partial charge >= 0.3 is 0 Å². The fourth-order valence-electron chi connectivity index (χ4n) is 2.63. The number of benzene rings is 2. The number of hydrogen-bond donors (Lipinski definition) is 0. The molecule has 1 aliphatic rings. The quantitative estimate of drug-likeness (QED) is 0.685. The second-order valence-corrected chi connectivity index (χ2v) is 5.46. The van der Waals surface area contributed by atoms with Crippen molar-refractivity contribution >= 4 is 0 Å². The van der Waals surface area contributed by atoms with Gasteiger partial charge in [-0.1, -0.05) is 79.7 Å². The third-order valence-corrected chi connectivity index (χ3v) is 4.04. The summed E-state index contributed by atoms with van der Waals surface area (Å²) in [6.07, 6.45) is 5.39. The van der Waals surface area contributed by atoms with E-state index in [4.69, 9.17) is 1.37 Å². The molecule has 2 aromatic carbocycles. The van der Waals surface area contributed by atoms with E-state index in [9.17, 15) is 0 Å². The van der Waals surface area contributed by atoms with E-state index in [1.165, 1.54) is 11.1 Å². The summed E-state index contributed by atoms with van der Waals surface area (Å²) in [6, 6.07) is 20.9. The predicted octanol–water partition coefficient (Wildman–Crippen LogP) is 4.76. The van der Waals surface area contributed by atoms with Crippen molar-refractivity contribution in [3.63, 3.8) is 0 Å². The van der Waals surface area contributed by atoms with Gasteiger partial charge < -0.3 is 0 Å². The normalized spacial score (nSPS) is 30.3. The lowest BCUT2D eigenvalue weighted by atomic mass is 9.95. The largest absolute Gasteiger partial charge is 0.0842 e. The minimum atomic E-state index is -0.0167. The van der Waals surface area contributed by atoms with Crippen LogP contribution >= 0.6 is 0 Å². The summed E-state index contributed by atoms with van der Waals surface area (Å²) in [5.41, 5.74) is 2.61. The van der Waals surface area contributed by atoms with Gasteiger partial charge in [0.1, 0.15) is 0 Å². The first-order chi connectivity index (χ1) is 9.73. The van der Waals surface area contributed by atoms with Gasteiger partial charge in [-0.3, -0.25) is 0 Å². The fourth-order valence-corrected chi connectivity index (χ4v) is 2.63. The Bertz CT molecular complexity index is 588. The van der Waals surface area contributed by atoms with Crippen molar-refractivity contribution in [2.24, 2.45) is 5.92 Å². The molecule has 0 spiro atoms. The van der Waals surface area contributed by atoms with Crippen molar-refractivity contribution in [3.05, 3.63) is 83.9 Å². The van der Waals surface area contributed by atoms with Crippen LogP contribution in [-0.4, -0.2) is 0 Å². The molecule has 0 aliphatic heterocycles. The Morgan fingerprint density at radius 3 is 2.42 bits per heavy atom. The maximum atomic E-state index is 8.28. The van der Waals surface area contributed by atoms with E-state index in [2.05, 4.69) is 67.6 Å². The van der Waals surface area contributed by atoms with E-state index in [1.807, 2.05) is 12.1 Å². The molecule has 19 heavy (non-hydrogen) atoms. The summed E-state index contributed by atoms with van der Waals surface area (Å²) in [5.74, 6) is 0.341. The molecule has 1 unspecified atom stereocenters. The first kappa shape index (κ1) is 11.0. The summed E-state index contributed by atoms with van der Waals surface area (Å²) < 4.78 is 8.28. The predicted molar refractivity (Wildman–Crippen MR) is 81.2 cm³/mol. The SMILES string of the molecule is [2H]C1[C@@H](/C=C/Cc2ccccc2)[C@]1(C)c1ccccc1. The average molecular weight is 249 g/mol. The van der Waals surface area contributed by atoms with Gasteiger partial charge in [-0.15, -0.1) is 0 Å². The van der Waals surface area contributed by atoms with Crippen LogP contribution in [0.1, 0.15) is 25.8 Å². The summed E-state index contributed by atoms with van der Waals surface area (Å²) >= 11 is 0. The number of allylic oxidation sites excluding steroid dienone is 2. The molecule has 0 nitrogen and oxygen atoms in total. The second-order valence-electron chi connectivity index (χ2n) is 5.46. The van der Waals surface area contributed by atoms with Crippen molar-refractivity contribution in [2.45, 2.75) is 25.2 Å². The highest BCUT2D eigenvalue weighted by atomic mass is 14.5. The highest BCUT2D eigenvalue weighted by Gasteiger charge is 2.49. The molecule has 0 amide bonds. The topological polar surface area (TPSA) is 0 Å². The Morgan fingerprint density at radius 1 is 1.11 bits per heavy atom. The lowest BCUT2D eigenvalue weighted by Crippen LogP contribution is -2.02. The van der Waals surface area contributed by atoms with Crippen molar-refractivity contribution < 1.29 is 1.37 Å². The molecule has 0 aromatic heterocycles. The van der Waals surface area contributed by atoms with Gasteiger partial charge in [-0.25, -0.2) is 0 Å². The molecule has 2 aromatic rings. The van der Waals surface area contributed by atoms with Crippen LogP contribution in [0.2, 0.25) is 0 Å². The van der Waals surface area contributed by atoms with Gasteiger partial charge in [0.15, 0.2) is 0 Å². The summed E-state index contributed by atoms with van der Waals surface area (Å²) in [5, 5.41) is 0. The van der Waals surface area contributed by atoms with Crippen LogP contribution in [0.4, 0.5) is 0 Å². The molecule has 0 N–H and O–H groups in total. The van der Waals surface area contributed by atoms with Gasteiger partial charge in [-0.2, -0.15) is 0 Å². The van der Waals surface area contributed by atoms with Gasteiger partial charge in [0.2, 0.25) is 0 Å². The maximum absolute atomic E-state index is 8.28. The minimum Gasteiger partial charge on any atom is -0.0842 e. The molecule has 0 saturated heterocycles. The Kier molecular flexibility index (Phi) is 2.93. The van der Waals surface area contributed by atoms with E-state index < -0.39 is 0 Å². The fraction of sp³-hybridized carbons (Fsp3) is 0.263. The number of hydrogen-bond acceptors (Lipinski definition) is 0. The van der Waals surface area contributed by atoms with Gasteiger partial charge in [0.05, 0.1) is 0 Å². The van der Waals surface area contributed by atoms with Crippen LogP contribution < -0.4 is 0 Å². The van der Waals surface area contributed by atoms with E-state index >= 15 is 0 Å². The molecule has 0 heteroatoms. The average Bonchev–Trinajstić information content (AvgIpc) is 3.04. The molecule has 3 atom stereocenters. The summed E-state index contributed by atoms with van der Waals surface area (Å²) in [4.78, 5) is 0. The van der Waals surface area contributed by atoms with Crippen LogP contribution in [0.25, 0.3) is 0 Å². The minimum absolute atomic E-state index is 0.00551. The Labute approximate surface area is 117 Å². The zero-order valence-electron chi connectivity index (χ0n) is 12.3. The van der Waals surface area contributed by atoms with Crippen LogP contribution in [0.5, 0.6) is 0 Å². The Hall–Kier alpha value is -1.82. The first-order valence-corrected chi connectivity index (χ1v) is 6.91. The smallest absolute Gasteiger partial charge is 0.0282 e. The number of rotatable bonds is 4. The Balaban J connectivity index is 1.68. The summed E-state index contributed by atoms with van der Waals surface area (Å²) in [7, 11) is 0. The molecule has 0 heterocycles. The summed E-state index contributed by atoms with van der Waals surface area (Å²) in [6.45, 7) is 2.21. The standard InChI is InChI=1S/C19H20/c1-19(17-12-6-3-7-13-17)15-18(19)14-8-11-16-9-4-2-5-10-16/h2-10,12-14,18H,11,15H2,1H3/b14-8+/t18-,19+/m1/s1/i15D/t15?,18-,19+. The van der Waals surface area contributed by atoms with Gasteiger partial charge in [0.25, 0.3) is 0 Å². The molecule has 3 rings (SSSR count). The van der Waals surface area contributed by atoms with Gasteiger partial charge in [0, 0.05) is 1.37 Å². The van der Waals surface area contributed by atoms with Crippen LogP contribution in [0, 0.1) is 5.92 Å². The molecule has 96 valence electrons. The highest BCUT2D eigenvalue weighted by Crippen LogP contribution is 2.54. The molecular weight excluding hydrogens is 228 g/mol. The van der Waals surface area contributed by atoms with Crippen LogP contribution in [0.3, 0.4) is 0 Å². The third-order valence-electron chi connectivity index (χ3n) is 4.04. The molecule has 1 aliphatic carbocycles. The van der Waals surface area contributed by atoms with Crippen LogP contribution in [0.15, 0.2) is 72.8 Å². The van der Waals surface area contributed by atoms with Crippen molar-refractivity contribution in [1.29, 1.82) is 0 Å². The molecular formula is C19H20. The Morgan fingerprint density at radius 2 is 1.74 bits per heavy atom. The molecule has 0 radical (unpaired) electrons. The molecule has 0 bridgehead atoms.